The maximum absolute atomic E-state index is 13.2. The van der Waals surface area contributed by atoms with Gasteiger partial charge in [-0.1, -0.05) is 52.7 Å². The molecule has 0 saturated carbocycles. The van der Waals surface area contributed by atoms with Gasteiger partial charge in [-0.25, -0.2) is 9.38 Å². The molecule has 2 aromatic heterocycles. The summed E-state index contributed by atoms with van der Waals surface area (Å²) in [6.45, 7) is 0.288. The van der Waals surface area contributed by atoms with Gasteiger partial charge in [0, 0.05) is 24.7 Å². The second kappa shape index (κ2) is 9.09. The van der Waals surface area contributed by atoms with E-state index >= 15 is 0 Å². The highest BCUT2D eigenvalue weighted by Crippen LogP contribution is 2.31. The van der Waals surface area contributed by atoms with Gasteiger partial charge in [-0.15, -0.1) is 0 Å². The van der Waals surface area contributed by atoms with E-state index < -0.39 is 0 Å². The van der Waals surface area contributed by atoms with Crippen molar-refractivity contribution in [2.45, 2.75) is 6.61 Å². The van der Waals surface area contributed by atoms with Gasteiger partial charge in [0.1, 0.15) is 12.4 Å². The Morgan fingerprint density at radius 3 is 2.72 bits per heavy atom. The first-order chi connectivity index (χ1) is 15.4. The van der Waals surface area contributed by atoms with Gasteiger partial charge >= 0.3 is 0 Å². The number of halogens is 4. The Bertz CT molecular complexity index is 1610. The lowest BCUT2D eigenvalue weighted by atomic mass is 10.2. The van der Waals surface area contributed by atoms with Crippen molar-refractivity contribution >= 4 is 102 Å². The number of para-hydroxylation sites is 2. The van der Waals surface area contributed by atoms with Crippen LogP contribution in [0.5, 0.6) is 5.75 Å². The Kier molecular flexibility index (Phi) is 6.36. The molecule has 0 bridgehead atoms. The summed E-state index contributed by atoms with van der Waals surface area (Å²) in [6.07, 6.45) is 1.87. The lowest BCUT2D eigenvalue weighted by molar-refractivity contribution is 0.303. The van der Waals surface area contributed by atoms with Crippen molar-refractivity contribution in [3.05, 3.63) is 97.8 Å². The summed E-state index contributed by atoms with van der Waals surface area (Å²) in [4.78, 5) is 18.4. The highest BCUT2D eigenvalue weighted by atomic mass is 127. The summed E-state index contributed by atoms with van der Waals surface area (Å²) in [7, 11) is 0. The smallest absolute Gasteiger partial charge is 0.274 e. The van der Waals surface area contributed by atoms with Crippen molar-refractivity contribution in [2.24, 2.45) is 0 Å². The molecule has 5 aromatic rings. The highest BCUT2D eigenvalue weighted by Gasteiger charge is 2.14. The molecule has 0 atom stereocenters. The van der Waals surface area contributed by atoms with Crippen LogP contribution >= 0.6 is 79.7 Å². The normalized spacial score (nSPS) is 12.2. The lowest BCUT2D eigenvalue weighted by Gasteiger charge is -2.13. The minimum Gasteiger partial charge on any atom is -0.487 e. The SMILES string of the molecule is O=c1/c(=C/c2cc(I)cc(I)c2OCc2ccc(Cl)cc2Cl)sc2nc3ccccc3n12. The third kappa shape index (κ3) is 4.25. The van der Waals surface area contributed by atoms with E-state index in [1.807, 2.05) is 48.5 Å². The molecule has 3 aromatic carbocycles. The summed E-state index contributed by atoms with van der Waals surface area (Å²) in [5, 5.41) is 1.13. The Morgan fingerprint density at radius 2 is 1.91 bits per heavy atom. The van der Waals surface area contributed by atoms with Gasteiger partial charge in [-0.3, -0.25) is 4.79 Å². The lowest BCUT2D eigenvalue weighted by Crippen LogP contribution is -2.22. The number of thiazole rings is 1. The van der Waals surface area contributed by atoms with Gasteiger partial charge in [-0.2, -0.15) is 0 Å². The Balaban J connectivity index is 1.60. The molecule has 4 nitrogen and oxygen atoms in total. The minimum absolute atomic E-state index is 0.0840. The van der Waals surface area contributed by atoms with Crippen molar-refractivity contribution in [1.82, 2.24) is 9.38 Å². The van der Waals surface area contributed by atoms with E-state index in [1.165, 1.54) is 11.3 Å². The Labute approximate surface area is 224 Å². The first-order valence-electron chi connectivity index (χ1n) is 9.38. The van der Waals surface area contributed by atoms with Gasteiger partial charge in [0.25, 0.3) is 5.56 Å². The number of nitrogens with zero attached hydrogens (tertiary/aromatic N) is 2. The maximum atomic E-state index is 13.2. The molecule has 0 radical (unpaired) electrons. The summed E-state index contributed by atoms with van der Waals surface area (Å²) >= 11 is 18.2. The highest BCUT2D eigenvalue weighted by molar-refractivity contribution is 14.1. The molecule has 5 rings (SSSR count). The standard InChI is InChI=1S/C23H12Cl2I2N2O2S/c24-14-6-5-12(16(25)9-14)11-31-21-13(7-15(26)10-17(21)27)8-20-22(30)29-19-4-2-1-3-18(19)28-23(29)32-20/h1-10H,11H2/b20-8-. The van der Waals surface area contributed by atoms with Gasteiger partial charge in [-0.05, 0) is 87.7 Å². The topological polar surface area (TPSA) is 43.6 Å². The van der Waals surface area contributed by atoms with Crippen molar-refractivity contribution in [3.63, 3.8) is 0 Å². The molecule has 0 aliphatic rings. The number of aromatic nitrogens is 2. The predicted molar refractivity (Wildman–Crippen MR) is 148 cm³/mol. The Hall–Kier alpha value is -1.40. The van der Waals surface area contributed by atoms with Crippen LogP contribution in [-0.4, -0.2) is 9.38 Å². The molecule has 0 amide bonds. The quantitative estimate of drug-likeness (QED) is 0.200. The molecule has 32 heavy (non-hydrogen) atoms. The van der Waals surface area contributed by atoms with Crippen molar-refractivity contribution in [1.29, 1.82) is 0 Å². The third-order valence-electron chi connectivity index (χ3n) is 4.86. The van der Waals surface area contributed by atoms with Crippen LogP contribution in [-0.2, 0) is 6.61 Å². The second-order valence-corrected chi connectivity index (χ2v) is 11.2. The van der Waals surface area contributed by atoms with Crippen LogP contribution in [0.15, 0.2) is 59.4 Å². The first kappa shape index (κ1) is 22.4. The number of fused-ring (bicyclic) bond motifs is 3. The fourth-order valence-electron chi connectivity index (χ4n) is 3.38. The van der Waals surface area contributed by atoms with Crippen molar-refractivity contribution in [3.8, 4) is 5.75 Å². The second-order valence-electron chi connectivity index (χ2n) is 6.96. The number of ether oxygens (including phenoxy) is 1. The van der Waals surface area contributed by atoms with E-state index in [2.05, 4.69) is 50.2 Å². The van der Waals surface area contributed by atoms with Crippen LogP contribution in [0.4, 0.5) is 0 Å². The number of benzene rings is 3. The average Bonchev–Trinajstić information content (AvgIpc) is 3.25. The van der Waals surface area contributed by atoms with Gasteiger partial charge < -0.3 is 4.74 Å². The van der Waals surface area contributed by atoms with E-state index in [1.54, 1.807) is 16.5 Å². The van der Waals surface area contributed by atoms with E-state index in [0.29, 0.717) is 25.3 Å². The summed E-state index contributed by atoms with van der Waals surface area (Å²) in [6, 6.07) is 17.0. The molecule has 0 saturated heterocycles. The molecule has 0 aliphatic carbocycles. The monoisotopic (exact) mass is 704 g/mol. The van der Waals surface area contributed by atoms with Gasteiger partial charge in [0.05, 0.1) is 19.1 Å². The van der Waals surface area contributed by atoms with Crippen LogP contribution in [0.25, 0.3) is 22.1 Å². The van der Waals surface area contributed by atoms with E-state index in [0.717, 1.165) is 29.3 Å². The zero-order chi connectivity index (χ0) is 22.4. The summed E-state index contributed by atoms with van der Waals surface area (Å²) in [5.41, 5.74) is 3.21. The largest absolute Gasteiger partial charge is 0.487 e. The zero-order valence-electron chi connectivity index (χ0n) is 16.1. The van der Waals surface area contributed by atoms with Crippen LogP contribution in [0.2, 0.25) is 10.0 Å². The number of hydrogen-bond acceptors (Lipinski definition) is 4. The molecule has 9 heteroatoms. The fraction of sp³-hybridized carbons (Fsp3) is 0.0435. The molecule has 0 N–H and O–H groups in total. The average molecular weight is 705 g/mol. The van der Waals surface area contributed by atoms with Crippen LogP contribution in [0, 0.1) is 7.14 Å². The van der Waals surface area contributed by atoms with Crippen LogP contribution in [0.1, 0.15) is 11.1 Å². The van der Waals surface area contributed by atoms with Gasteiger partial charge in [0.15, 0.2) is 4.96 Å². The number of rotatable bonds is 4. The first-order valence-corrected chi connectivity index (χ1v) is 13.1. The molecule has 2 heterocycles. The van der Waals surface area contributed by atoms with Crippen molar-refractivity contribution < 1.29 is 4.74 Å². The summed E-state index contributed by atoms with van der Waals surface area (Å²) < 4.78 is 10.4. The molecule has 0 aliphatic heterocycles. The molecule has 0 fully saturated rings. The van der Waals surface area contributed by atoms with Crippen molar-refractivity contribution in [2.75, 3.05) is 0 Å². The van der Waals surface area contributed by atoms with E-state index in [4.69, 9.17) is 27.9 Å². The molecule has 0 unspecified atom stereocenters. The Morgan fingerprint density at radius 1 is 1.09 bits per heavy atom. The molecular weight excluding hydrogens is 693 g/mol. The summed E-state index contributed by atoms with van der Waals surface area (Å²) in [5.74, 6) is 0.701. The third-order valence-corrected chi connectivity index (χ3v) is 7.84. The molecule has 0 spiro atoms. The predicted octanol–water partition coefficient (Wildman–Crippen LogP) is 6.55. The number of hydrogen-bond donors (Lipinski definition) is 0. The van der Waals surface area contributed by atoms with E-state index in [9.17, 15) is 4.79 Å². The van der Waals surface area contributed by atoms with E-state index in [-0.39, 0.29) is 12.2 Å². The number of imidazole rings is 1. The van der Waals surface area contributed by atoms with Gasteiger partial charge in [0.2, 0.25) is 0 Å². The molecule has 160 valence electrons. The van der Waals surface area contributed by atoms with Crippen LogP contribution in [0.3, 0.4) is 0 Å². The maximum Gasteiger partial charge on any atom is 0.274 e. The van der Waals surface area contributed by atoms with Crippen LogP contribution < -0.4 is 14.8 Å². The minimum atomic E-state index is -0.0840. The fourth-order valence-corrected chi connectivity index (χ4v) is 6.87. The molecular formula is C23H12Cl2I2N2O2S. The zero-order valence-corrected chi connectivity index (χ0v) is 22.8.